The summed E-state index contributed by atoms with van der Waals surface area (Å²) in [6, 6.07) is 8.00. The molecular formula is C23H27N3O5S. The summed E-state index contributed by atoms with van der Waals surface area (Å²) >= 11 is 1.43. The molecule has 2 aromatic rings. The van der Waals surface area contributed by atoms with Gasteiger partial charge in [0.15, 0.2) is 11.5 Å². The van der Waals surface area contributed by atoms with Gasteiger partial charge in [0, 0.05) is 25.2 Å². The SMILES string of the molecule is CCCNC(=O)[C@H](NC(=O)c1ccc2c(c1)OCO2)C1CCN(C(=O)c2cccs2)CC1. The Morgan fingerprint density at radius 3 is 2.66 bits per heavy atom. The minimum atomic E-state index is -0.668. The molecule has 0 bridgehead atoms. The number of piperidine rings is 1. The highest BCUT2D eigenvalue weighted by Crippen LogP contribution is 2.32. The number of hydrogen-bond donors (Lipinski definition) is 2. The molecule has 1 aromatic heterocycles. The van der Waals surface area contributed by atoms with Crippen molar-refractivity contribution in [3.63, 3.8) is 0 Å². The van der Waals surface area contributed by atoms with E-state index in [0.717, 1.165) is 11.3 Å². The lowest BCUT2D eigenvalue weighted by molar-refractivity contribution is -0.124. The second kappa shape index (κ2) is 10.0. The van der Waals surface area contributed by atoms with Gasteiger partial charge in [-0.3, -0.25) is 14.4 Å². The number of nitrogens with one attached hydrogen (secondary N) is 2. The van der Waals surface area contributed by atoms with E-state index >= 15 is 0 Å². The van der Waals surface area contributed by atoms with Gasteiger partial charge in [-0.1, -0.05) is 13.0 Å². The Morgan fingerprint density at radius 1 is 1.16 bits per heavy atom. The highest BCUT2D eigenvalue weighted by atomic mass is 32.1. The average molecular weight is 458 g/mol. The lowest BCUT2D eigenvalue weighted by Crippen LogP contribution is -2.53. The Kier molecular flexibility index (Phi) is 6.94. The summed E-state index contributed by atoms with van der Waals surface area (Å²) in [4.78, 5) is 41.0. The van der Waals surface area contributed by atoms with Crippen molar-refractivity contribution in [2.45, 2.75) is 32.2 Å². The molecule has 0 radical (unpaired) electrons. The molecule has 3 amide bonds. The van der Waals surface area contributed by atoms with Gasteiger partial charge in [0.1, 0.15) is 6.04 Å². The summed E-state index contributed by atoms with van der Waals surface area (Å²) in [6.45, 7) is 3.77. The summed E-state index contributed by atoms with van der Waals surface area (Å²) in [5, 5.41) is 7.72. The topological polar surface area (TPSA) is 97.0 Å². The first-order valence-corrected chi connectivity index (χ1v) is 11.8. The van der Waals surface area contributed by atoms with Gasteiger partial charge in [0.25, 0.3) is 11.8 Å². The van der Waals surface area contributed by atoms with Crippen LogP contribution in [0.1, 0.15) is 46.2 Å². The molecule has 0 aliphatic carbocycles. The molecule has 170 valence electrons. The molecular weight excluding hydrogens is 430 g/mol. The molecule has 0 saturated carbocycles. The Balaban J connectivity index is 1.43. The molecule has 2 N–H and O–H groups in total. The Labute approximate surface area is 190 Å². The van der Waals surface area contributed by atoms with E-state index in [-0.39, 0.29) is 30.4 Å². The van der Waals surface area contributed by atoms with Crippen LogP contribution in [-0.4, -0.2) is 55.1 Å². The van der Waals surface area contributed by atoms with E-state index in [2.05, 4.69) is 10.6 Å². The van der Waals surface area contributed by atoms with E-state index in [1.165, 1.54) is 11.3 Å². The van der Waals surface area contributed by atoms with Crippen molar-refractivity contribution in [1.82, 2.24) is 15.5 Å². The fourth-order valence-corrected chi connectivity index (χ4v) is 4.70. The average Bonchev–Trinajstić information content (AvgIpc) is 3.52. The molecule has 3 heterocycles. The van der Waals surface area contributed by atoms with E-state index in [4.69, 9.17) is 9.47 Å². The van der Waals surface area contributed by atoms with E-state index in [1.807, 2.05) is 29.3 Å². The van der Waals surface area contributed by atoms with Gasteiger partial charge in [0.2, 0.25) is 12.7 Å². The van der Waals surface area contributed by atoms with Crippen molar-refractivity contribution in [2.75, 3.05) is 26.4 Å². The van der Waals surface area contributed by atoms with E-state index in [0.29, 0.717) is 49.5 Å². The van der Waals surface area contributed by atoms with Crippen molar-refractivity contribution >= 4 is 29.1 Å². The van der Waals surface area contributed by atoms with Crippen molar-refractivity contribution in [3.8, 4) is 11.5 Å². The first-order chi connectivity index (χ1) is 15.6. The van der Waals surface area contributed by atoms with Crippen LogP contribution in [0.2, 0.25) is 0 Å². The minimum absolute atomic E-state index is 0.0230. The maximum Gasteiger partial charge on any atom is 0.263 e. The van der Waals surface area contributed by atoms with Gasteiger partial charge in [-0.05, 0) is 54.8 Å². The Bertz CT molecular complexity index is 970. The fourth-order valence-electron chi connectivity index (χ4n) is 4.01. The van der Waals surface area contributed by atoms with Crippen LogP contribution in [-0.2, 0) is 4.79 Å². The van der Waals surface area contributed by atoms with Crippen LogP contribution in [0.15, 0.2) is 35.7 Å². The number of fused-ring (bicyclic) bond motifs is 1. The van der Waals surface area contributed by atoms with E-state index in [9.17, 15) is 14.4 Å². The van der Waals surface area contributed by atoms with Crippen LogP contribution in [0.4, 0.5) is 0 Å². The monoisotopic (exact) mass is 457 g/mol. The third-order valence-corrected chi connectivity index (χ3v) is 6.64. The van der Waals surface area contributed by atoms with Crippen molar-refractivity contribution in [1.29, 1.82) is 0 Å². The van der Waals surface area contributed by atoms with Crippen LogP contribution in [0.25, 0.3) is 0 Å². The maximum atomic E-state index is 13.0. The highest BCUT2D eigenvalue weighted by molar-refractivity contribution is 7.12. The number of nitrogens with zero attached hydrogens (tertiary/aromatic N) is 1. The largest absolute Gasteiger partial charge is 0.454 e. The number of likely N-dealkylation sites (tertiary alicyclic amines) is 1. The molecule has 1 atom stereocenters. The van der Waals surface area contributed by atoms with Crippen molar-refractivity contribution in [2.24, 2.45) is 5.92 Å². The van der Waals surface area contributed by atoms with Crippen LogP contribution in [0, 0.1) is 5.92 Å². The second-order valence-corrected chi connectivity index (χ2v) is 8.86. The number of carbonyl (C=O) groups is 3. The zero-order valence-electron chi connectivity index (χ0n) is 18.0. The lowest BCUT2D eigenvalue weighted by Gasteiger charge is -2.35. The van der Waals surface area contributed by atoms with Crippen LogP contribution >= 0.6 is 11.3 Å². The molecule has 0 spiro atoms. The number of benzene rings is 1. The first-order valence-electron chi connectivity index (χ1n) is 10.9. The number of ether oxygens (including phenoxy) is 2. The Morgan fingerprint density at radius 2 is 1.94 bits per heavy atom. The summed E-state index contributed by atoms with van der Waals surface area (Å²) in [7, 11) is 0. The van der Waals surface area contributed by atoms with Crippen LogP contribution in [0.5, 0.6) is 11.5 Å². The number of hydrogen-bond acceptors (Lipinski definition) is 6. The fraction of sp³-hybridized carbons (Fsp3) is 0.435. The van der Waals surface area contributed by atoms with Crippen LogP contribution in [0.3, 0.4) is 0 Å². The lowest BCUT2D eigenvalue weighted by atomic mass is 9.88. The molecule has 1 fully saturated rings. The van der Waals surface area contributed by atoms with Gasteiger partial charge in [-0.25, -0.2) is 0 Å². The third-order valence-electron chi connectivity index (χ3n) is 5.78. The normalized spacial score (nSPS) is 16.5. The third kappa shape index (κ3) is 4.88. The first kappa shape index (κ1) is 22.1. The standard InChI is InChI=1S/C23H27N3O5S/c1-2-9-24-22(28)20(25-21(27)16-5-6-17-18(13-16)31-14-30-17)15-7-10-26(11-8-15)23(29)19-4-3-12-32-19/h3-6,12-13,15,20H,2,7-11,14H2,1H3,(H,24,28)(H,25,27)/t20-/m1/s1. The van der Waals surface area contributed by atoms with Gasteiger partial charge in [-0.15, -0.1) is 11.3 Å². The van der Waals surface area contributed by atoms with E-state index < -0.39 is 6.04 Å². The Hall–Kier alpha value is -3.07. The predicted octanol–water partition coefficient (Wildman–Crippen LogP) is 2.65. The zero-order chi connectivity index (χ0) is 22.5. The van der Waals surface area contributed by atoms with Crippen molar-refractivity contribution in [3.05, 3.63) is 46.2 Å². The molecule has 9 heteroatoms. The number of thiophene rings is 1. The summed E-state index contributed by atoms with van der Waals surface area (Å²) < 4.78 is 10.7. The minimum Gasteiger partial charge on any atom is -0.454 e. The van der Waals surface area contributed by atoms with Crippen molar-refractivity contribution < 1.29 is 23.9 Å². The molecule has 4 rings (SSSR count). The quantitative estimate of drug-likeness (QED) is 0.666. The molecule has 0 unspecified atom stereocenters. The molecule has 1 saturated heterocycles. The molecule has 2 aliphatic rings. The van der Waals surface area contributed by atoms with Gasteiger partial charge < -0.3 is 25.0 Å². The van der Waals surface area contributed by atoms with Crippen LogP contribution < -0.4 is 20.1 Å². The molecule has 2 aliphatic heterocycles. The summed E-state index contributed by atoms with van der Waals surface area (Å²) in [6.07, 6.45) is 2.09. The second-order valence-electron chi connectivity index (χ2n) is 7.92. The summed E-state index contributed by atoms with van der Waals surface area (Å²) in [5.74, 6) is 0.555. The van der Waals surface area contributed by atoms with E-state index in [1.54, 1.807) is 18.2 Å². The predicted molar refractivity (Wildman–Crippen MR) is 120 cm³/mol. The maximum absolute atomic E-state index is 13.0. The van der Waals surface area contributed by atoms with Gasteiger partial charge in [-0.2, -0.15) is 0 Å². The number of carbonyl (C=O) groups excluding carboxylic acids is 3. The number of rotatable bonds is 7. The zero-order valence-corrected chi connectivity index (χ0v) is 18.8. The van der Waals surface area contributed by atoms with Gasteiger partial charge >= 0.3 is 0 Å². The molecule has 8 nitrogen and oxygen atoms in total. The van der Waals surface area contributed by atoms with Gasteiger partial charge in [0.05, 0.1) is 4.88 Å². The summed E-state index contributed by atoms with van der Waals surface area (Å²) in [5.41, 5.74) is 0.410. The number of amides is 3. The molecule has 32 heavy (non-hydrogen) atoms. The highest BCUT2D eigenvalue weighted by Gasteiger charge is 2.34. The smallest absolute Gasteiger partial charge is 0.263 e. The molecule has 1 aromatic carbocycles.